The summed E-state index contributed by atoms with van der Waals surface area (Å²) in [6.45, 7) is -1.50. The van der Waals surface area contributed by atoms with E-state index in [1.54, 1.807) is 0 Å². The van der Waals surface area contributed by atoms with Gasteiger partial charge in [0.05, 0.1) is 13.7 Å². The zero-order chi connectivity index (χ0) is 12.9. The molecule has 0 bridgehead atoms. The molecule has 0 aliphatic carbocycles. The second kappa shape index (κ2) is 5.69. The highest BCUT2D eigenvalue weighted by Gasteiger charge is 2.27. The van der Waals surface area contributed by atoms with Crippen LogP contribution in [0, 0.1) is 0 Å². The van der Waals surface area contributed by atoms with E-state index in [1.165, 1.54) is 19.2 Å². The van der Waals surface area contributed by atoms with Crippen molar-refractivity contribution in [2.24, 2.45) is 0 Å². The first-order chi connectivity index (χ1) is 7.92. The molecule has 96 valence electrons. The van der Waals surface area contributed by atoms with Gasteiger partial charge >= 0.3 is 12.1 Å². The van der Waals surface area contributed by atoms with Gasteiger partial charge < -0.3 is 9.15 Å². The van der Waals surface area contributed by atoms with Crippen molar-refractivity contribution in [2.75, 3.05) is 13.7 Å². The number of methoxy groups -OCH3 is 1. The molecule has 1 heterocycles. The van der Waals surface area contributed by atoms with Crippen molar-refractivity contribution in [3.05, 3.63) is 23.7 Å². The summed E-state index contributed by atoms with van der Waals surface area (Å²) < 4.78 is 44.4. The highest BCUT2D eigenvalue weighted by Crippen LogP contribution is 2.14. The number of furan rings is 1. The Kier molecular flexibility index (Phi) is 4.53. The van der Waals surface area contributed by atoms with Gasteiger partial charge in [-0.2, -0.15) is 18.7 Å². The molecule has 0 unspecified atom stereocenters. The molecule has 0 radical (unpaired) electrons. The lowest BCUT2D eigenvalue weighted by Gasteiger charge is -2.06. The number of esters is 1. The molecule has 0 atom stereocenters. The van der Waals surface area contributed by atoms with Crippen LogP contribution < -0.4 is 5.48 Å². The van der Waals surface area contributed by atoms with E-state index < -0.39 is 18.8 Å². The van der Waals surface area contributed by atoms with E-state index in [0.717, 1.165) is 0 Å². The zero-order valence-electron chi connectivity index (χ0n) is 8.84. The van der Waals surface area contributed by atoms with Gasteiger partial charge in [-0.15, -0.1) is 0 Å². The number of carbonyl (C=O) groups is 1. The lowest BCUT2D eigenvalue weighted by molar-refractivity contribution is -0.190. The van der Waals surface area contributed by atoms with Crippen LogP contribution in [0.2, 0.25) is 0 Å². The molecule has 8 heteroatoms. The Bertz CT molecular complexity index is 375. The van der Waals surface area contributed by atoms with Gasteiger partial charge in [-0.3, -0.25) is 4.84 Å². The maximum absolute atomic E-state index is 11.7. The molecule has 0 saturated heterocycles. The van der Waals surface area contributed by atoms with Crippen LogP contribution in [0.25, 0.3) is 0 Å². The third-order valence-corrected chi connectivity index (χ3v) is 1.63. The Morgan fingerprint density at radius 3 is 2.76 bits per heavy atom. The smallest absolute Gasteiger partial charge is 0.413 e. The van der Waals surface area contributed by atoms with E-state index >= 15 is 0 Å². The summed E-state index contributed by atoms with van der Waals surface area (Å²) >= 11 is 0. The Labute approximate surface area is 94.4 Å². The minimum absolute atomic E-state index is 0.0277. The third kappa shape index (κ3) is 4.87. The van der Waals surface area contributed by atoms with Crippen molar-refractivity contribution in [1.82, 2.24) is 5.48 Å². The maximum atomic E-state index is 11.7. The van der Waals surface area contributed by atoms with E-state index in [2.05, 4.69) is 15.1 Å². The van der Waals surface area contributed by atoms with E-state index in [1.807, 2.05) is 0 Å². The molecule has 0 aliphatic rings. The molecular formula is C9H10F3NO4. The molecule has 0 spiro atoms. The fraction of sp³-hybridized carbons (Fsp3) is 0.444. The van der Waals surface area contributed by atoms with Crippen molar-refractivity contribution in [1.29, 1.82) is 0 Å². The summed E-state index contributed by atoms with van der Waals surface area (Å²) in [4.78, 5) is 15.1. The summed E-state index contributed by atoms with van der Waals surface area (Å²) in [7, 11) is 1.19. The summed E-state index contributed by atoms with van der Waals surface area (Å²) in [6.07, 6.45) is -4.40. The Hall–Kier alpha value is -1.54. The molecular weight excluding hydrogens is 243 g/mol. The summed E-state index contributed by atoms with van der Waals surface area (Å²) in [6, 6.07) is 2.78. The Balaban J connectivity index is 2.33. The molecule has 0 amide bonds. The van der Waals surface area contributed by atoms with Crippen LogP contribution in [0.5, 0.6) is 0 Å². The van der Waals surface area contributed by atoms with Crippen molar-refractivity contribution in [3.63, 3.8) is 0 Å². The lowest BCUT2D eigenvalue weighted by atomic mass is 10.4. The molecule has 0 aromatic carbocycles. The number of alkyl halides is 3. The van der Waals surface area contributed by atoms with E-state index in [-0.39, 0.29) is 18.1 Å². The minimum Gasteiger partial charge on any atom is -0.463 e. The second-order valence-electron chi connectivity index (χ2n) is 2.98. The molecule has 0 saturated carbocycles. The van der Waals surface area contributed by atoms with Gasteiger partial charge in [-0.05, 0) is 12.1 Å². The van der Waals surface area contributed by atoms with Crippen molar-refractivity contribution < 1.29 is 32.0 Å². The number of rotatable bonds is 5. The Morgan fingerprint density at radius 1 is 1.47 bits per heavy atom. The average Bonchev–Trinajstić information content (AvgIpc) is 2.70. The number of carbonyl (C=O) groups excluding carboxylic acids is 1. The van der Waals surface area contributed by atoms with E-state index in [9.17, 15) is 18.0 Å². The van der Waals surface area contributed by atoms with Crippen LogP contribution in [0.4, 0.5) is 13.2 Å². The second-order valence-corrected chi connectivity index (χ2v) is 2.98. The first-order valence-electron chi connectivity index (χ1n) is 4.51. The first kappa shape index (κ1) is 13.5. The van der Waals surface area contributed by atoms with Crippen LogP contribution in [-0.4, -0.2) is 25.9 Å². The number of nitrogens with one attached hydrogen (secondary N) is 1. The van der Waals surface area contributed by atoms with Gasteiger partial charge in [-0.25, -0.2) is 4.79 Å². The molecule has 1 aromatic heterocycles. The fourth-order valence-electron chi connectivity index (χ4n) is 0.938. The Morgan fingerprint density at radius 2 is 2.18 bits per heavy atom. The number of hydroxylamine groups is 1. The van der Waals surface area contributed by atoms with E-state index in [0.29, 0.717) is 0 Å². The zero-order valence-corrected chi connectivity index (χ0v) is 8.84. The summed E-state index contributed by atoms with van der Waals surface area (Å²) in [5.41, 5.74) is 2.06. The SMILES string of the molecule is COC(=O)c1ccc(CNOCC(F)(F)F)o1. The summed E-state index contributed by atoms with van der Waals surface area (Å²) in [5.74, 6) is -0.430. The normalized spacial score (nSPS) is 11.5. The van der Waals surface area contributed by atoms with Gasteiger partial charge in [0.1, 0.15) is 5.76 Å². The minimum atomic E-state index is -4.40. The lowest BCUT2D eigenvalue weighted by Crippen LogP contribution is -2.24. The van der Waals surface area contributed by atoms with Crippen LogP contribution in [0.3, 0.4) is 0 Å². The third-order valence-electron chi connectivity index (χ3n) is 1.63. The van der Waals surface area contributed by atoms with Gasteiger partial charge in [0.2, 0.25) is 5.76 Å². The van der Waals surface area contributed by atoms with Gasteiger partial charge in [0.15, 0.2) is 6.61 Å². The van der Waals surface area contributed by atoms with Crippen LogP contribution in [0.1, 0.15) is 16.3 Å². The van der Waals surface area contributed by atoms with Gasteiger partial charge in [0, 0.05) is 0 Å². The summed E-state index contributed by atoms with van der Waals surface area (Å²) in [5, 5.41) is 0. The molecule has 0 aliphatic heterocycles. The first-order valence-corrected chi connectivity index (χ1v) is 4.51. The molecule has 5 nitrogen and oxygen atoms in total. The average molecular weight is 253 g/mol. The number of hydrogen-bond acceptors (Lipinski definition) is 5. The van der Waals surface area contributed by atoms with Crippen LogP contribution in [0.15, 0.2) is 16.5 Å². The van der Waals surface area contributed by atoms with Crippen LogP contribution >= 0.6 is 0 Å². The molecule has 1 N–H and O–H groups in total. The monoisotopic (exact) mass is 253 g/mol. The standard InChI is InChI=1S/C9H10F3NO4/c1-15-8(14)7-3-2-6(17-7)4-13-16-5-9(10,11)12/h2-3,13H,4-5H2,1H3. The van der Waals surface area contributed by atoms with Crippen molar-refractivity contribution >= 4 is 5.97 Å². The molecule has 17 heavy (non-hydrogen) atoms. The number of halogens is 3. The number of hydrogen-bond donors (Lipinski definition) is 1. The fourth-order valence-corrected chi connectivity index (χ4v) is 0.938. The highest BCUT2D eigenvalue weighted by atomic mass is 19.4. The number of ether oxygens (including phenoxy) is 1. The topological polar surface area (TPSA) is 60.7 Å². The predicted octanol–water partition coefficient (Wildman–Crippen LogP) is 1.65. The maximum Gasteiger partial charge on any atom is 0.413 e. The molecule has 1 aromatic rings. The quantitative estimate of drug-likeness (QED) is 0.491. The van der Waals surface area contributed by atoms with Gasteiger partial charge in [0.25, 0.3) is 0 Å². The highest BCUT2D eigenvalue weighted by molar-refractivity contribution is 5.86. The van der Waals surface area contributed by atoms with E-state index in [4.69, 9.17) is 4.42 Å². The van der Waals surface area contributed by atoms with Gasteiger partial charge in [-0.1, -0.05) is 0 Å². The van der Waals surface area contributed by atoms with Crippen molar-refractivity contribution in [3.8, 4) is 0 Å². The van der Waals surface area contributed by atoms with Crippen molar-refractivity contribution in [2.45, 2.75) is 12.7 Å². The predicted molar refractivity (Wildman–Crippen MR) is 48.9 cm³/mol. The molecule has 1 rings (SSSR count). The largest absolute Gasteiger partial charge is 0.463 e. The molecule has 0 fully saturated rings. The van der Waals surface area contributed by atoms with Crippen LogP contribution in [-0.2, 0) is 16.1 Å².